The molecule has 140 valence electrons. The van der Waals surface area contributed by atoms with Crippen LogP contribution in [0.15, 0.2) is 30.3 Å². The minimum absolute atomic E-state index is 0.307. The van der Waals surface area contributed by atoms with Crippen LogP contribution in [0.3, 0.4) is 0 Å². The summed E-state index contributed by atoms with van der Waals surface area (Å²) in [5.41, 5.74) is -0.000921. The van der Waals surface area contributed by atoms with E-state index in [9.17, 15) is 13.6 Å². The normalized spacial score (nSPS) is 16.2. The number of alkyl halides is 2. The van der Waals surface area contributed by atoms with E-state index in [0.29, 0.717) is 13.1 Å². The van der Waals surface area contributed by atoms with Crippen LogP contribution in [0.1, 0.15) is 39.2 Å². The van der Waals surface area contributed by atoms with Gasteiger partial charge in [0.15, 0.2) is 0 Å². The van der Waals surface area contributed by atoms with Crippen LogP contribution in [0, 0.1) is 0 Å². The molecule has 4 nitrogen and oxygen atoms in total. The van der Waals surface area contributed by atoms with Crippen LogP contribution >= 0.6 is 0 Å². The van der Waals surface area contributed by atoms with Crippen molar-refractivity contribution in [1.82, 2.24) is 9.80 Å². The molecule has 1 aliphatic carbocycles. The van der Waals surface area contributed by atoms with Crippen LogP contribution in [0.5, 0.6) is 0 Å². The van der Waals surface area contributed by atoms with E-state index in [4.69, 9.17) is 4.74 Å². The molecule has 1 aromatic carbocycles. The average Bonchev–Trinajstić information content (AvgIpc) is 3.25. The van der Waals surface area contributed by atoms with Gasteiger partial charge < -0.3 is 9.64 Å². The van der Waals surface area contributed by atoms with Crippen molar-refractivity contribution < 1.29 is 18.3 Å². The van der Waals surface area contributed by atoms with Crippen molar-refractivity contribution in [2.45, 2.75) is 57.7 Å². The van der Waals surface area contributed by atoms with Crippen molar-refractivity contribution in [3.63, 3.8) is 0 Å². The minimum Gasteiger partial charge on any atom is -0.444 e. The van der Waals surface area contributed by atoms with E-state index in [1.165, 1.54) is 0 Å². The summed E-state index contributed by atoms with van der Waals surface area (Å²) in [5.74, 6) is 0. The molecule has 1 amide bonds. The fraction of sp³-hybridized carbons (Fsp3) is 0.632. The Kier molecular flexibility index (Phi) is 6.03. The van der Waals surface area contributed by atoms with Gasteiger partial charge in [-0.05, 0) is 39.2 Å². The van der Waals surface area contributed by atoms with Gasteiger partial charge >= 0.3 is 6.09 Å². The predicted octanol–water partition coefficient (Wildman–Crippen LogP) is 4.15. The fourth-order valence-corrected chi connectivity index (χ4v) is 2.91. The summed E-state index contributed by atoms with van der Waals surface area (Å²) in [6.45, 7) is 6.00. The molecule has 0 radical (unpaired) electrons. The van der Waals surface area contributed by atoms with Gasteiger partial charge in [-0.15, -0.1) is 0 Å². The summed E-state index contributed by atoms with van der Waals surface area (Å²) in [5, 5.41) is 0. The first-order valence-electron chi connectivity index (χ1n) is 8.63. The third-order valence-electron chi connectivity index (χ3n) is 4.37. The molecule has 2 rings (SSSR count). The van der Waals surface area contributed by atoms with E-state index >= 15 is 0 Å². The third-order valence-corrected chi connectivity index (χ3v) is 4.37. The highest BCUT2D eigenvalue weighted by Crippen LogP contribution is 2.42. The number of halogens is 2. The molecule has 0 bridgehead atoms. The number of benzene rings is 1. The second kappa shape index (κ2) is 7.68. The molecule has 0 heterocycles. The second-order valence-corrected chi connectivity index (χ2v) is 7.81. The maximum atomic E-state index is 13.0. The second-order valence-electron chi connectivity index (χ2n) is 7.81. The van der Waals surface area contributed by atoms with Gasteiger partial charge in [0.05, 0.1) is 12.1 Å². The SMILES string of the molecule is CN(C(=O)OC(C)(C)C)C1(CN(Cc2ccccc2)CC(F)F)CC1. The Bertz CT molecular complexity index is 569. The molecular formula is C19H28F2N2O2. The number of carbonyl (C=O) groups excluding carboxylic acids is 1. The number of ether oxygens (including phenoxy) is 1. The number of rotatable bonds is 7. The molecule has 25 heavy (non-hydrogen) atoms. The number of carbonyl (C=O) groups is 1. The zero-order valence-corrected chi connectivity index (χ0v) is 15.5. The standard InChI is InChI=1S/C19H28F2N2O2/c1-18(2,3)25-17(24)22(4)19(10-11-19)14-23(13-16(20)21)12-15-8-6-5-7-9-15/h5-9,16H,10-14H2,1-4H3. The van der Waals surface area contributed by atoms with Crippen molar-refractivity contribution in [2.75, 3.05) is 20.1 Å². The quantitative estimate of drug-likeness (QED) is 0.737. The van der Waals surface area contributed by atoms with Gasteiger partial charge in [-0.25, -0.2) is 13.6 Å². The lowest BCUT2D eigenvalue weighted by Gasteiger charge is -2.34. The van der Waals surface area contributed by atoms with Gasteiger partial charge in [0.25, 0.3) is 6.43 Å². The number of likely N-dealkylation sites (N-methyl/N-ethyl adjacent to an activating group) is 1. The topological polar surface area (TPSA) is 32.8 Å². The largest absolute Gasteiger partial charge is 0.444 e. The summed E-state index contributed by atoms with van der Waals surface area (Å²) in [4.78, 5) is 15.7. The zero-order valence-electron chi connectivity index (χ0n) is 15.5. The zero-order chi connectivity index (χ0) is 18.7. The van der Waals surface area contributed by atoms with Crippen LogP contribution in [-0.2, 0) is 11.3 Å². The highest BCUT2D eigenvalue weighted by Gasteiger charge is 2.50. The third kappa shape index (κ3) is 5.96. The highest BCUT2D eigenvalue weighted by molar-refractivity contribution is 5.69. The summed E-state index contributed by atoms with van der Waals surface area (Å²) < 4.78 is 31.5. The van der Waals surface area contributed by atoms with Crippen molar-refractivity contribution in [3.8, 4) is 0 Å². The molecule has 0 atom stereocenters. The van der Waals surface area contributed by atoms with E-state index < -0.39 is 23.7 Å². The van der Waals surface area contributed by atoms with Crippen molar-refractivity contribution in [3.05, 3.63) is 35.9 Å². The molecule has 1 aromatic rings. The molecule has 1 fully saturated rings. The number of hydrogen-bond acceptors (Lipinski definition) is 3. The molecule has 0 unspecified atom stereocenters. The van der Waals surface area contributed by atoms with Gasteiger partial charge in [-0.3, -0.25) is 4.90 Å². The molecular weight excluding hydrogens is 326 g/mol. The molecule has 1 saturated carbocycles. The van der Waals surface area contributed by atoms with E-state index in [1.807, 2.05) is 51.1 Å². The lowest BCUT2D eigenvalue weighted by molar-refractivity contribution is 0.0109. The van der Waals surface area contributed by atoms with E-state index in [0.717, 1.165) is 18.4 Å². The summed E-state index contributed by atoms with van der Waals surface area (Å²) >= 11 is 0. The molecule has 0 spiro atoms. The Morgan fingerprint density at radius 3 is 2.32 bits per heavy atom. The van der Waals surface area contributed by atoms with Crippen LogP contribution < -0.4 is 0 Å². The highest BCUT2D eigenvalue weighted by atomic mass is 19.3. The van der Waals surface area contributed by atoms with E-state index in [2.05, 4.69) is 0 Å². The molecule has 0 aromatic heterocycles. The smallest absolute Gasteiger partial charge is 0.410 e. The van der Waals surface area contributed by atoms with Crippen LogP contribution in [0.4, 0.5) is 13.6 Å². The van der Waals surface area contributed by atoms with Gasteiger partial charge in [0.1, 0.15) is 5.60 Å². The number of amides is 1. The number of hydrogen-bond donors (Lipinski definition) is 0. The van der Waals surface area contributed by atoms with Crippen molar-refractivity contribution in [1.29, 1.82) is 0 Å². The Balaban J connectivity index is 2.05. The number of nitrogens with zero attached hydrogens (tertiary/aromatic N) is 2. The molecule has 0 aliphatic heterocycles. The molecule has 6 heteroatoms. The van der Waals surface area contributed by atoms with Gasteiger partial charge in [-0.1, -0.05) is 30.3 Å². The molecule has 1 aliphatic rings. The minimum atomic E-state index is -2.41. The first kappa shape index (κ1) is 19.6. The van der Waals surface area contributed by atoms with Crippen LogP contribution in [0.2, 0.25) is 0 Å². The Morgan fingerprint density at radius 2 is 1.84 bits per heavy atom. The van der Waals surface area contributed by atoms with E-state index in [-0.39, 0.29) is 6.54 Å². The van der Waals surface area contributed by atoms with Crippen molar-refractivity contribution in [2.24, 2.45) is 0 Å². The average molecular weight is 354 g/mol. The molecule has 0 saturated heterocycles. The van der Waals surface area contributed by atoms with Crippen molar-refractivity contribution >= 4 is 6.09 Å². The molecule has 0 N–H and O–H groups in total. The Labute approximate surface area is 148 Å². The summed E-state index contributed by atoms with van der Waals surface area (Å²) in [7, 11) is 1.70. The van der Waals surface area contributed by atoms with Crippen LogP contribution in [-0.4, -0.2) is 53.6 Å². The predicted molar refractivity (Wildman–Crippen MR) is 93.7 cm³/mol. The van der Waals surface area contributed by atoms with E-state index in [1.54, 1.807) is 16.8 Å². The van der Waals surface area contributed by atoms with Gasteiger partial charge in [0.2, 0.25) is 0 Å². The van der Waals surface area contributed by atoms with Crippen LogP contribution in [0.25, 0.3) is 0 Å². The Hall–Kier alpha value is -1.69. The van der Waals surface area contributed by atoms with Gasteiger partial charge in [0, 0.05) is 20.1 Å². The monoisotopic (exact) mass is 354 g/mol. The first-order chi connectivity index (χ1) is 11.6. The summed E-state index contributed by atoms with van der Waals surface area (Å²) in [6.07, 6.45) is -1.21. The maximum absolute atomic E-state index is 13.0. The van der Waals surface area contributed by atoms with Gasteiger partial charge in [-0.2, -0.15) is 0 Å². The lowest BCUT2D eigenvalue weighted by Crippen LogP contribution is -2.49. The first-order valence-corrected chi connectivity index (χ1v) is 8.63. The summed E-state index contributed by atoms with van der Waals surface area (Å²) in [6, 6.07) is 9.55. The fourth-order valence-electron chi connectivity index (χ4n) is 2.91. The lowest BCUT2D eigenvalue weighted by atomic mass is 10.1. The maximum Gasteiger partial charge on any atom is 0.410 e. The Morgan fingerprint density at radius 1 is 1.24 bits per heavy atom.